The lowest BCUT2D eigenvalue weighted by Crippen LogP contribution is -2.43. The topological polar surface area (TPSA) is 106 Å². The van der Waals surface area contributed by atoms with Crippen LogP contribution in [-0.2, 0) is 9.53 Å². The molecule has 0 radical (unpaired) electrons. The van der Waals surface area contributed by atoms with Gasteiger partial charge in [0.15, 0.2) is 0 Å². The van der Waals surface area contributed by atoms with Crippen molar-refractivity contribution in [2.75, 3.05) is 25.0 Å². The number of pyridine rings is 1. The van der Waals surface area contributed by atoms with Crippen LogP contribution in [0.15, 0.2) is 48.8 Å². The van der Waals surface area contributed by atoms with Crippen molar-refractivity contribution in [3.63, 3.8) is 0 Å². The van der Waals surface area contributed by atoms with Crippen molar-refractivity contribution in [2.24, 2.45) is 5.92 Å². The van der Waals surface area contributed by atoms with E-state index in [1.807, 2.05) is 13.0 Å². The number of esters is 1. The Bertz CT molecular complexity index is 1220. The minimum atomic E-state index is -0.412. The smallest absolute Gasteiger partial charge is 0.341 e. The van der Waals surface area contributed by atoms with Crippen LogP contribution in [-0.4, -0.2) is 57.1 Å². The lowest BCUT2D eigenvalue weighted by Gasteiger charge is -2.32. The van der Waals surface area contributed by atoms with Gasteiger partial charge in [-0.3, -0.25) is 9.59 Å². The second-order valence-electron chi connectivity index (χ2n) is 8.62. The first kappa shape index (κ1) is 24.1. The number of aryl methyl sites for hydroxylation is 1. The fraction of sp³-hybridized carbons (Fsp3) is 0.346. The Hall–Kier alpha value is -4.01. The van der Waals surface area contributed by atoms with Crippen molar-refractivity contribution in [2.45, 2.75) is 33.6 Å². The number of likely N-dealkylation sites (tertiary alicyclic amines) is 1. The zero-order valence-electron chi connectivity index (χ0n) is 20.2. The SMILES string of the molecule is CCOC(=O)c1cnn(-c2ccc(C(=O)N3CCCC(C(=O)Nc4ccc(C)cn4)C3)cc2)c1C. The largest absolute Gasteiger partial charge is 0.462 e. The molecule has 1 atom stereocenters. The fourth-order valence-corrected chi connectivity index (χ4v) is 4.15. The third-order valence-corrected chi connectivity index (χ3v) is 6.11. The third-order valence-electron chi connectivity index (χ3n) is 6.11. The van der Waals surface area contributed by atoms with E-state index < -0.39 is 5.97 Å². The Balaban J connectivity index is 1.41. The summed E-state index contributed by atoms with van der Waals surface area (Å²) in [5.74, 6) is -0.430. The maximum Gasteiger partial charge on any atom is 0.341 e. The van der Waals surface area contributed by atoms with Gasteiger partial charge in [0.25, 0.3) is 5.91 Å². The van der Waals surface area contributed by atoms with Crippen LogP contribution in [0.1, 0.15) is 51.7 Å². The number of carbonyl (C=O) groups is 3. The van der Waals surface area contributed by atoms with Crippen molar-refractivity contribution in [1.82, 2.24) is 19.7 Å². The average molecular weight is 476 g/mol. The van der Waals surface area contributed by atoms with E-state index in [0.29, 0.717) is 42.3 Å². The van der Waals surface area contributed by atoms with E-state index in [-0.39, 0.29) is 17.7 Å². The molecule has 1 aliphatic heterocycles. The maximum absolute atomic E-state index is 13.1. The summed E-state index contributed by atoms with van der Waals surface area (Å²) in [5.41, 5.74) is 3.35. The van der Waals surface area contributed by atoms with E-state index in [2.05, 4.69) is 15.4 Å². The van der Waals surface area contributed by atoms with Crippen molar-refractivity contribution in [3.05, 3.63) is 71.2 Å². The highest BCUT2D eigenvalue weighted by molar-refractivity contribution is 5.96. The number of nitrogens with zero attached hydrogens (tertiary/aromatic N) is 4. The number of ether oxygens (including phenoxy) is 1. The molecule has 0 saturated carbocycles. The lowest BCUT2D eigenvalue weighted by atomic mass is 9.96. The van der Waals surface area contributed by atoms with E-state index in [0.717, 1.165) is 24.1 Å². The zero-order chi connectivity index (χ0) is 24.9. The minimum absolute atomic E-state index is 0.119. The van der Waals surface area contributed by atoms with Crippen LogP contribution in [0, 0.1) is 19.8 Å². The molecule has 9 nitrogen and oxygen atoms in total. The molecule has 1 N–H and O–H groups in total. The molecule has 1 aromatic carbocycles. The highest BCUT2D eigenvalue weighted by Gasteiger charge is 2.29. The number of rotatable bonds is 6. The molecule has 4 rings (SSSR count). The van der Waals surface area contributed by atoms with Crippen LogP contribution in [0.2, 0.25) is 0 Å². The summed E-state index contributed by atoms with van der Waals surface area (Å²) in [7, 11) is 0. The van der Waals surface area contributed by atoms with Gasteiger partial charge in [0.2, 0.25) is 5.91 Å². The van der Waals surface area contributed by atoms with Gasteiger partial charge in [0.1, 0.15) is 11.4 Å². The van der Waals surface area contributed by atoms with Gasteiger partial charge in [-0.05, 0) is 69.5 Å². The number of piperidine rings is 1. The highest BCUT2D eigenvalue weighted by Crippen LogP contribution is 2.22. The molecule has 2 aromatic heterocycles. The van der Waals surface area contributed by atoms with Crippen LogP contribution in [0.25, 0.3) is 5.69 Å². The second kappa shape index (κ2) is 10.5. The number of benzene rings is 1. The molecule has 3 heterocycles. The maximum atomic E-state index is 13.1. The van der Waals surface area contributed by atoms with Crippen LogP contribution in [0.4, 0.5) is 5.82 Å². The van der Waals surface area contributed by atoms with Crippen molar-refractivity contribution in [3.8, 4) is 5.69 Å². The van der Waals surface area contributed by atoms with Gasteiger partial charge >= 0.3 is 5.97 Å². The molecular formula is C26H29N5O4. The molecule has 182 valence electrons. The number of hydrogen-bond acceptors (Lipinski definition) is 6. The van der Waals surface area contributed by atoms with Gasteiger partial charge in [-0.25, -0.2) is 14.5 Å². The summed E-state index contributed by atoms with van der Waals surface area (Å²) in [5, 5.41) is 7.15. The summed E-state index contributed by atoms with van der Waals surface area (Å²) in [6, 6.07) is 10.7. The normalized spacial score (nSPS) is 15.5. The number of aromatic nitrogens is 3. The van der Waals surface area contributed by atoms with Gasteiger partial charge in [-0.2, -0.15) is 5.10 Å². The standard InChI is InChI=1S/C26H29N5O4/c1-4-35-26(34)22-15-28-31(18(22)3)21-10-8-19(9-11-21)25(33)30-13-5-6-20(16-30)24(32)29-23-12-7-17(2)14-27-23/h7-12,14-15,20H,4-6,13,16H2,1-3H3,(H,27,29,32). The molecule has 0 aliphatic carbocycles. The fourth-order valence-electron chi connectivity index (χ4n) is 4.15. The Morgan fingerprint density at radius 1 is 1.09 bits per heavy atom. The molecule has 3 aromatic rings. The summed E-state index contributed by atoms with van der Waals surface area (Å²) in [6.45, 7) is 6.75. The highest BCUT2D eigenvalue weighted by atomic mass is 16.5. The molecule has 9 heteroatoms. The molecule has 1 aliphatic rings. The first-order valence-corrected chi connectivity index (χ1v) is 11.7. The Labute approximate surface area is 204 Å². The Morgan fingerprint density at radius 2 is 1.86 bits per heavy atom. The van der Waals surface area contributed by atoms with E-state index in [9.17, 15) is 14.4 Å². The van der Waals surface area contributed by atoms with E-state index in [4.69, 9.17) is 4.74 Å². The lowest BCUT2D eigenvalue weighted by molar-refractivity contribution is -0.121. The molecule has 0 spiro atoms. The zero-order valence-corrected chi connectivity index (χ0v) is 20.2. The monoisotopic (exact) mass is 475 g/mol. The molecule has 1 unspecified atom stereocenters. The van der Waals surface area contributed by atoms with Crippen molar-refractivity contribution < 1.29 is 19.1 Å². The molecule has 35 heavy (non-hydrogen) atoms. The predicted octanol–water partition coefficient (Wildman–Crippen LogP) is 3.55. The van der Waals surface area contributed by atoms with E-state index >= 15 is 0 Å². The van der Waals surface area contributed by atoms with Gasteiger partial charge in [-0.1, -0.05) is 6.07 Å². The first-order valence-electron chi connectivity index (χ1n) is 11.7. The van der Waals surface area contributed by atoms with E-state index in [1.165, 1.54) is 6.20 Å². The number of amides is 2. The molecule has 2 amide bonds. The Morgan fingerprint density at radius 3 is 2.54 bits per heavy atom. The molecular weight excluding hydrogens is 446 g/mol. The number of nitrogens with one attached hydrogen (secondary N) is 1. The molecule has 1 fully saturated rings. The predicted molar refractivity (Wildman–Crippen MR) is 130 cm³/mol. The van der Waals surface area contributed by atoms with E-state index in [1.54, 1.807) is 60.0 Å². The van der Waals surface area contributed by atoms with Crippen LogP contribution in [0.3, 0.4) is 0 Å². The Kier molecular flexibility index (Phi) is 7.24. The van der Waals surface area contributed by atoms with Crippen molar-refractivity contribution >= 4 is 23.6 Å². The van der Waals surface area contributed by atoms with Gasteiger partial charge in [0, 0.05) is 24.8 Å². The van der Waals surface area contributed by atoms with Gasteiger partial charge < -0.3 is 15.0 Å². The second-order valence-corrected chi connectivity index (χ2v) is 8.62. The van der Waals surface area contributed by atoms with Gasteiger partial charge in [-0.15, -0.1) is 0 Å². The van der Waals surface area contributed by atoms with Gasteiger partial charge in [0.05, 0.1) is 30.1 Å². The number of hydrogen-bond donors (Lipinski definition) is 1. The quantitative estimate of drug-likeness (QED) is 0.547. The summed E-state index contributed by atoms with van der Waals surface area (Å²) in [6.07, 6.45) is 4.67. The number of carbonyl (C=O) groups excluding carboxylic acids is 3. The molecule has 0 bridgehead atoms. The first-order chi connectivity index (χ1) is 16.9. The third kappa shape index (κ3) is 5.40. The summed E-state index contributed by atoms with van der Waals surface area (Å²) in [4.78, 5) is 43.9. The summed E-state index contributed by atoms with van der Waals surface area (Å²) >= 11 is 0. The number of anilines is 1. The average Bonchev–Trinajstić information content (AvgIpc) is 3.26. The van der Waals surface area contributed by atoms with Crippen LogP contribution >= 0.6 is 0 Å². The van der Waals surface area contributed by atoms with Crippen molar-refractivity contribution in [1.29, 1.82) is 0 Å². The summed E-state index contributed by atoms with van der Waals surface area (Å²) < 4.78 is 6.70. The van der Waals surface area contributed by atoms with Crippen LogP contribution < -0.4 is 5.32 Å². The minimum Gasteiger partial charge on any atom is -0.462 e. The molecule has 1 saturated heterocycles. The van der Waals surface area contributed by atoms with Crippen LogP contribution in [0.5, 0.6) is 0 Å².